The van der Waals surface area contributed by atoms with Crippen molar-refractivity contribution in [1.29, 1.82) is 0 Å². The molecule has 8 heteroatoms. The maximum Gasteiger partial charge on any atom is 0.200 e. The summed E-state index contributed by atoms with van der Waals surface area (Å²) in [7, 11) is 0. The Morgan fingerprint density at radius 3 is 2.80 bits per heavy atom. The molecule has 0 amide bonds. The Labute approximate surface area is 126 Å². The monoisotopic (exact) mass is 329 g/mol. The van der Waals surface area contributed by atoms with Crippen LogP contribution in [0.1, 0.15) is 0 Å². The zero-order chi connectivity index (χ0) is 14.3. The molecule has 0 saturated heterocycles. The van der Waals surface area contributed by atoms with E-state index in [9.17, 15) is 8.78 Å². The summed E-state index contributed by atoms with van der Waals surface area (Å²) in [5.41, 5.74) is -0.0183. The molecule has 3 nitrogen and oxygen atoms in total. The quantitative estimate of drug-likeness (QED) is 0.698. The number of nitrogens with zero attached hydrogens (tertiary/aromatic N) is 2. The van der Waals surface area contributed by atoms with Gasteiger partial charge < -0.3 is 0 Å². The van der Waals surface area contributed by atoms with Gasteiger partial charge in [-0.1, -0.05) is 17.7 Å². The summed E-state index contributed by atoms with van der Waals surface area (Å²) < 4.78 is 28.7. The zero-order valence-electron chi connectivity index (χ0n) is 9.73. The van der Waals surface area contributed by atoms with Gasteiger partial charge in [0.15, 0.2) is 16.4 Å². The van der Waals surface area contributed by atoms with Crippen molar-refractivity contribution in [1.82, 2.24) is 14.8 Å². The molecule has 0 unspecified atom stereocenters. The third kappa shape index (κ3) is 2.17. The van der Waals surface area contributed by atoms with Crippen molar-refractivity contribution < 1.29 is 8.78 Å². The molecule has 3 rings (SSSR count). The second-order valence-corrected chi connectivity index (χ2v) is 5.62. The first-order valence-electron chi connectivity index (χ1n) is 5.44. The van der Waals surface area contributed by atoms with Gasteiger partial charge >= 0.3 is 0 Å². The summed E-state index contributed by atoms with van der Waals surface area (Å²) in [4.78, 5) is 0.789. The van der Waals surface area contributed by atoms with Gasteiger partial charge in [-0.3, -0.25) is 9.67 Å². The van der Waals surface area contributed by atoms with Gasteiger partial charge in [-0.2, -0.15) is 5.10 Å². The molecule has 2 aromatic heterocycles. The van der Waals surface area contributed by atoms with E-state index in [1.54, 1.807) is 0 Å². The van der Waals surface area contributed by atoms with Gasteiger partial charge in [0.05, 0.1) is 9.90 Å². The Morgan fingerprint density at radius 1 is 1.35 bits per heavy atom. The summed E-state index contributed by atoms with van der Waals surface area (Å²) in [5.74, 6) is -1.12. The second kappa shape index (κ2) is 5.08. The fourth-order valence-corrected chi connectivity index (χ4v) is 3.03. The summed E-state index contributed by atoms with van der Waals surface area (Å²) in [6, 6.07) is 5.45. The van der Waals surface area contributed by atoms with Gasteiger partial charge in [-0.25, -0.2) is 8.78 Å². The smallest absolute Gasteiger partial charge is 0.200 e. The van der Waals surface area contributed by atoms with Crippen molar-refractivity contribution in [2.24, 2.45) is 0 Å². The number of thiophene rings is 1. The summed E-state index contributed by atoms with van der Waals surface area (Å²) in [6.07, 6.45) is 0. The minimum atomic E-state index is -0.801. The molecule has 0 aliphatic heterocycles. The van der Waals surface area contributed by atoms with Gasteiger partial charge in [0.2, 0.25) is 0 Å². The van der Waals surface area contributed by atoms with Crippen molar-refractivity contribution in [3.8, 4) is 16.4 Å². The molecule has 1 N–H and O–H groups in total. The second-order valence-electron chi connectivity index (χ2n) is 3.88. The Kier molecular flexibility index (Phi) is 3.41. The predicted molar refractivity (Wildman–Crippen MR) is 77.0 cm³/mol. The lowest BCUT2D eigenvalue weighted by Crippen LogP contribution is -2.02. The molecular weight excluding hydrogens is 324 g/mol. The highest BCUT2D eigenvalue weighted by Gasteiger charge is 2.18. The van der Waals surface area contributed by atoms with E-state index in [0.717, 1.165) is 17.0 Å². The standard InChI is InChI=1S/C12H6ClF2N3S2/c13-7-4-6(14)5-8(15)10(7)18-11(16-17-12(18)19)9-2-1-3-20-9/h1-5H,(H,17,19). The predicted octanol–water partition coefficient (Wildman–Crippen LogP) is 4.59. The third-order valence-electron chi connectivity index (χ3n) is 2.62. The van der Waals surface area contributed by atoms with Crippen molar-refractivity contribution >= 4 is 35.2 Å². The van der Waals surface area contributed by atoms with E-state index < -0.39 is 11.6 Å². The normalized spacial score (nSPS) is 10.9. The molecule has 20 heavy (non-hydrogen) atoms. The Bertz CT molecular complexity index is 801. The van der Waals surface area contributed by atoms with Crippen LogP contribution in [0.2, 0.25) is 5.02 Å². The number of rotatable bonds is 2. The number of H-pyrrole nitrogens is 1. The maximum atomic E-state index is 14.0. The molecule has 0 saturated carbocycles. The largest absolute Gasteiger partial charge is 0.263 e. The molecule has 0 bridgehead atoms. The summed E-state index contributed by atoms with van der Waals surface area (Å²) in [6.45, 7) is 0. The van der Waals surface area contributed by atoms with E-state index >= 15 is 0 Å². The number of halogens is 3. The van der Waals surface area contributed by atoms with E-state index in [1.807, 2.05) is 17.5 Å². The molecule has 0 radical (unpaired) electrons. The van der Waals surface area contributed by atoms with E-state index in [1.165, 1.54) is 15.9 Å². The van der Waals surface area contributed by atoms with Crippen LogP contribution >= 0.6 is 35.2 Å². The van der Waals surface area contributed by atoms with Gasteiger partial charge in [0, 0.05) is 6.07 Å². The molecule has 102 valence electrons. The Balaban J connectivity index is 2.32. The van der Waals surface area contributed by atoms with Crippen LogP contribution in [0.15, 0.2) is 29.6 Å². The number of hydrogen-bond donors (Lipinski definition) is 1. The van der Waals surface area contributed by atoms with Crippen LogP contribution in [-0.4, -0.2) is 14.8 Å². The van der Waals surface area contributed by atoms with Gasteiger partial charge in [-0.05, 0) is 29.7 Å². The van der Waals surface area contributed by atoms with Crippen LogP contribution < -0.4 is 0 Å². The first-order valence-corrected chi connectivity index (χ1v) is 7.10. The first kappa shape index (κ1) is 13.4. The number of benzene rings is 1. The third-order valence-corrected chi connectivity index (χ3v) is 4.05. The van der Waals surface area contributed by atoms with E-state index in [0.29, 0.717) is 5.82 Å². The highest BCUT2D eigenvalue weighted by Crippen LogP contribution is 2.31. The van der Waals surface area contributed by atoms with Crippen molar-refractivity contribution in [2.45, 2.75) is 0 Å². The minimum absolute atomic E-state index is 0.0183. The topological polar surface area (TPSA) is 33.6 Å². The summed E-state index contributed by atoms with van der Waals surface area (Å²) in [5, 5.41) is 8.46. The summed E-state index contributed by atoms with van der Waals surface area (Å²) >= 11 is 12.5. The number of aromatic nitrogens is 3. The van der Waals surface area contributed by atoms with Gasteiger partial charge in [0.1, 0.15) is 11.5 Å². The highest BCUT2D eigenvalue weighted by atomic mass is 35.5. The Morgan fingerprint density at radius 2 is 2.15 bits per heavy atom. The van der Waals surface area contributed by atoms with Crippen LogP contribution in [0.25, 0.3) is 16.4 Å². The van der Waals surface area contributed by atoms with Gasteiger partial charge in [-0.15, -0.1) is 11.3 Å². The number of hydrogen-bond acceptors (Lipinski definition) is 3. The molecule has 0 aliphatic rings. The molecule has 0 atom stereocenters. The average molecular weight is 330 g/mol. The molecule has 1 aromatic carbocycles. The fourth-order valence-electron chi connectivity index (χ4n) is 1.82. The first-order chi connectivity index (χ1) is 9.58. The minimum Gasteiger partial charge on any atom is -0.263 e. The SMILES string of the molecule is Fc1cc(F)c(-n2c(-c3cccs3)n[nH]c2=S)c(Cl)c1. The maximum absolute atomic E-state index is 14.0. The zero-order valence-corrected chi connectivity index (χ0v) is 12.1. The van der Waals surface area contributed by atoms with Crippen LogP contribution in [0, 0.1) is 16.4 Å². The van der Waals surface area contributed by atoms with Crippen molar-refractivity contribution in [3.05, 3.63) is 51.1 Å². The number of nitrogens with one attached hydrogen (secondary N) is 1. The van der Waals surface area contributed by atoms with Crippen molar-refractivity contribution in [3.63, 3.8) is 0 Å². The Hall–Kier alpha value is -1.57. The van der Waals surface area contributed by atoms with Crippen LogP contribution in [0.5, 0.6) is 0 Å². The molecule has 3 aromatic rings. The van der Waals surface area contributed by atoms with E-state index in [4.69, 9.17) is 23.8 Å². The molecule has 2 heterocycles. The van der Waals surface area contributed by atoms with E-state index in [-0.39, 0.29) is 15.5 Å². The fraction of sp³-hybridized carbons (Fsp3) is 0. The highest BCUT2D eigenvalue weighted by molar-refractivity contribution is 7.71. The number of aromatic amines is 1. The molecule has 0 fully saturated rings. The lowest BCUT2D eigenvalue weighted by molar-refractivity contribution is 0.578. The average Bonchev–Trinajstić information content (AvgIpc) is 2.99. The lowest BCUT2D eigenvalue weighted by atomic mass is 10.3. The van der Waals surface area contributed by atoms with Gasteiger partial charge in [0.25, 0.3) is 0 Å². The van der Waals surface area contributed by atoms with E-state index in [2.05, 4.69) is 10.2 Å². The lowest BCUT2D eigenvalue weighted by Gasteiger charge is -2.09. The molecule has 0 spiro atoms. The van der Waals surface area contributed by atoms with Crippen molar-refractivity contribution in [2.75, 3.05) is 0 Å². The molecule has 0 aliphatic carbocycles. The molecular formula is C12H6ClF2N3S2. The van der Waals surface area contributed by atoms with Crippen LogP contribution in [0.3, 0.4) is 0 Å². The van der Waals surface area contributed by atoms with Crippen LogP contribution in [0.4, 0.5) is 8.78 Å². The van der Waals surface area contributed by atoms with Crippen LogP contribution in [-0.2, 0) is 0 Å².